The first kappa shape index (κ1) is 22.3. The lowest BCUT2D eigenvalue weighted by atomic mass is 10.1. The van der Waals surface area contributed by atoms with Crippen LogP contribution in [0.4, 0.5) is 10.1 Å². The Bertz CT molecular complexity index is 1040. The molecule has 0 saturated carbocycles. The van der Waals surface area contributed by atoms with Gasteiger partial charge >= 0.3 is 0 Å². The van der Waals surface area contributed by atoms with Crippen LogP contribution in [0, 0.1) is 5.82 Å². The number of carbonyl (C=O) groups is 2. The van der Waals surface area contributed by atoms with Gasteiger partial charge in [0.1, 0.15) is 24.5 Å². The first-order chi connectivity index (χ1) is 14.9. The molecule has 162 valence electrons. The molecular formula is C21H22FN5O3S. The summed E-state index contributed by atoms with van der Waals surface area (Å²) >= 11 is 1.27. The van der Waals surface area contributed by atoms with Crippen molar-refractivity contribution < 1.29 is 18.7 Å². The lowest BCUT2D eigenvalue weighted by molar-refractivity contribution is -0.113. The van der Waals surface area contributed by atoms with Crippen molar-refractivity contribution in [2.45, 2.75) is 5.16 Å². The summed E-state index contributed by atoms with van der Waals surface area (Å²) < 4.78 is 20.2. The van der Waals surface area contributed by atoms with Crippen molar-refractivity contribution in [3.8, 4) is 5.75 Å². The highest BCUT2D eigenvalue weighted by atomic mass is 32.2. The summed E-state index contributed by atoms with van der Waals surface area (Å²) in [4.78, 5) is 26.4. The van der Waals surface area contributed by atoms with Crippen molar-refractivity contribution in [3.05, 3.63) is 66.2 Å². The predicted octanol–water partition coefficient (Wildman–Crippen LogP) is 2.84. The number of carbonyl (C=O) groups excluding carboxylic acids is 2. The third kappa shape index (κ3) is 6.54. The lowest BCUT2D eigenvalue weighted by Gasteiger charge is -2.18. The first-order valence-corrected chi connectivity index (χ1v) is 10.4. The molecule has 1 aromatic heterocycles. The molecule has 0 spiro atoms. The van der Waals surface area contributed by atoms with E-state index in [-0.39, 0.29) is 30.0 Å². The Morgan fingerprint density at radius 1 is 1.23 bits per heavy atom. The molecule has 0 aliphatic heterocycles. The van der Waals surface area contributed by atoms with Gasteiger partial charge in [0.2, 0.25) is 5.91 Å². The topological polar surface area (TPSA) is 89.3 Å². The highest BCUT2D eigenvalue weighted by molar-refractivity contribution is 7.99. The Hall–Kier alpha value is -3.40. The summed E-state index contributed by atoms with van der Waals surface area (Å²) in [7, 11) is 3.47. The van der Waals surface area contributed by atoms with Gasteiger partial charge in [0, 0.05) is 25.3 Å². The zero-order valence-corrected chi connectivity index (χ0v) is 17.9. The van der Waals surface area contributed by atoms with E-state index in [0.29, 0.717) is 28.7 Å². The Morgan fingerprint density at radius 3 is 2.71 bits per heavy atom. The number of likely N-dealkylation sites (N-methyl/N-ethyl adjacent to an activating group) is 1. The third-order valence-electron chi connectivity index (χ3n) is 4.25. The highest BCUT2D eigenvalue weighted by Crippen LogP contribution is 2.16. The molecule has 31 heavy (non-hydrogen) atoms. The normalized spacial score (nSPS) is 10.5. The van der Waals surface area contributed by atoms with E-state index < -0.39 is 0 Å². The van der Waals surface area contributed by atoms with Crippen LogP contribution < -0.4 is 10.1 Å². The first-order valence-electron chi connectivity index (χ1n) is 9.43. The van der Waals surface area contributed by atoms with Crippen molar-refractivity contribution in [1.82, 2.24) is 19.7 Å². The molecule has 0 atom stereocenters. The second kappa shape index (κ2) is 10.6. The minimum atomic E-state index is -0.334. The molecule has 0 bridgehead atoms. The third-order valence-corrected chi connectivity index (χ3v) is 5.29. The number of anilines is 1. The predicted molar refractivity (Wildman–Crippen MR) is 116 cm³/mol. The molecule has 1 heterocycles. The molecule has 2 amide bonds. The number of aromatic nitrogens is 3. The van der Waals surface area contributed by atoms with Gasteiger partial charge in [-0.05, 0) is 42.5 Å². The van der Waals surface area contributed by atoms with Crippen LogP contribution in [0.25, 0.3) is 0 Å². The number of ether oxygens (including phenoxy) is 1. The van der Waals surface area contributed by atoms with Gasteiger partial charge in [-0.1, -0.05) is 17.8 Å². The molecule has 0 radical (unpaired) electrons. The van der Waals surface area contributed by atoms with E-state index in [1.165, 1.54) is 40.9 Å². The van der Waals surface area contributed by atoms with Gasteiger partial charge in [-0.15, -0.1) is 10.2 Å². The lowest BCUT2D eigenvalue weighted by Crippen LogP contribution is -2.31. The SMILES string of the molecule is CN(CCOc1ccc(F)cc1)C(=O)c1cccc(NC(=O)CSc2nncn2C)c1. The number of hydrogen-bond donors (Lipinski definition) is 1. The molecule has 0 saturated heterocycles. The molecule has 2 aromatic carbocycles. The fourth-order valence-electron chi connectivity index (χ4n) is 2.61. The molecule has 1 N–H and O–H groups in total. The number of halogens is 1. The average molecular weight is 444 g/mol. The fourth-order valence-corrected chi connectivity index (χ4v) is 3.30. The van der Waals surface area contributed by atoms with Gasteiger partial charge in [0.15, 0.2) is 5.16 Å². The molecular weight excluding hydrogens is 421 g/mol. The molecule has 0 aliphatic rings. The van der Waals surface area contributed by atoms with Gasteiger partial charge in [0.05, 0.1) is 12.3 Å². The van der Waals surface area contributed by atoms with Gasteiger partial charge in [-0.3, -0.25) is 9.59 Å². The van der Waals surface area contributed by atoms with Crippen LogP contribution in [-0.2, 0) is 11.8 Å². The summed E-state index contributed by atoms with van der Waals surface area (Å²) in [5, 5.41) is 11.1. The van der Waals surface area contributed by atoms with Gasteiger partial charge in [-0.25, -0.2) is 4.39 Å². The quantitative estimate of drug-likeness (QED) is 0.512. The highest BCUT2D eigenvalue weighted by Gasteiger charge is 2.13. The second-order valence-corrected chi connectivity index (χ2v) is 7.61. The monoisotopic (exact) mass is 443 g/mol. The Labute approximate surface area is 183 Å². The van der Waals surface area contributed by atoms with Crippen molar-refractivity contribution in [2.75, 3.05) is 31.3 Å². The van der Waals surface area contributed by atoms with Gasteiger partial charge in [0.25, 0.3) is 5.91 Å². The summed E-state index contributed by atoms with van der Waals surface area (Å²) in [5.74, 6) is -0.0401. The molecule has 0 aliphatic carbocycles. The van der Waals surface area contributed by atoms with E-state index in [4.69, 9.17) is 4.74 Å². The molecule has 0 fully saturated rings. The van der Waals surface area contributed by atoms with Crippen LogP contribution in [0.3, 0.4) is 0 Å². The average Bonchev–Trinajstić information content (AvgIpc) is 3.18. The Balaban J connectivity index is 1.49. The van der Waals surface area contributed by atoms with Crippen molar-refractivity contribution >= 4 is 29.3 Å². The maximum atomic E-state index is 12.9. The number of nitrogens with one attached hydrogen (secondary N) is 1. The van der Waals surface area contributed by atoms with Crippen LogP contribution >= 0.6 is 11.8 Å². The molecule has 3 rings (SSSR count). The number of amides is 2. The van der Waals surface area contributed by atoms with E-state index in [2.05, 4.69) is 15.5 Å². The molecule has 0 unspecified atom stereocenters. The van der Waals surface area contributed by atoms with Crippen molar-refractivity contribution in [3.63, 3.8) is 0 Å². The smallest absolute Gasteiger partial charge is 0.253 e. The molecule has 3 aromatic rings. The van der Waals surface area contributed by atoms with Crippen LogP contribution in [0.5, 0.6) is 5.75 Å². The zero-order valence-electron chi connectivity index (χ0n) is 17.1. The van der Waals surface area contributed by atoms with Crippen molar-refractivity contribution in [2.24, 2.45) is 7.05 Å². The fraction of sp³-hybridized carbons (Fsp3) is 0.238. The number of thioether (sulfide) groups is 1. The zero-order chi connectivity index (χ0) is 22.2. The summed E-state index contributed by atoms with van der Waals surface area (Å²) in [5.41, 5.74) is 0.980. The van der Waals surface area contributed by atoms with Crippen LogP contribution in [-0.4, -0.2) is 57.4 Å². The van der Waals surface area contributed by atoms with E-state index in [9.17, 15) is 14.0 Å². The summed E-state index contributed by atoms with van der Waals surface area (Å²) in [6.07, 6.45) is 1.57. The molecule has 8 nitrogen and oxygen atoms in total. The van der Waals surface area contributed by atoms with Gasteiger partial charge in [-0.2, -0.15) is 0 Å². The van der Waals surface area contributed by atoms with E-state index >= 15 is 0 Å². The number of rotatable bonds is 9. The summed E-state index contributed by atoms with van der Waals surface area (Å²) in [6.45, 7) is 0.616. The standard InChI is InChI=1S/C21H22FN5O3S/c1-26(10-11-30-18-8-6-16(22)7-9-18)20(29)15-4-3-5-17(12-15)24-19(28)13-31-21-25-23-14-27(21)2/h3-9,12,14H,10-11,13H2,1-2H3,(H,24,28). The van der Waals surface area contributed by atoms with Crippen LogP contribution in [0.1, 0.15) is 10.4 Å². The number of hydrogen-bond acceptors (Lipinski definition) is 6. The number of aryl methyl sites for hydroxylation is 1. The van der Waals surface area contributed by atoms with E-state index in [1.807, 2.05) is 0 Å². The van der Waals surface area contributed by atoms with Crippen LogP contribution in [0.2, 0.25) is 0 Å². The second-order valence-electron chi connectivity index (χ2n) is 6.67. The summed E-state index contributed by atoms with van der Waals surface area (Å²) in [6, 6.07) is 12.4. The maximum Gasteiger partial charge on any atom is 0.253 e. The van der Waals surface area contributed by atoms with Crippen molar-refractivity contribution in [1.29, 1.82) is 0 Å². The largest absolute Gasteiger partial charge is 0.492 e. The number of nitrogens with zero attached hydrogens (tertiary/aromatic N) is 4. The van der Waals surface area contributed by atoms with Crippen LogP contribution in [0.15, 0.2) is 60.0 Å². The molecule has 10 heteroatoms. The Kier molecular flexibility index (Phi) is 7.60. The minimum Gasteiger partial charge on any atom is -0.492 e. The van der Waals surface area contributed by atoms with E-state index in [1.54, 1.807) is 49.3 Å². The number of benzene rings is 2. The van der Waals surface area contributed by atoms with E-state index in [0.717, 1.165) is 0 Å². The Morgan fingerprint density at radius 2 is 2.00 bits per heavy atom. The van der Waals surface area contributed by atoms with Gasteiger partial charge < -0.3 is 19.5 Å². The minimum absolute atomic E-state index is 0.172. The maximum absolute atomic E-state index is 12.9.